The van der Waals surface area contributed by atoms with Gasteiger partial charge in [-0.05, 0) is 12.1 Å². The van der Waals surface area contributed by atoms with Gasteiger partial charge in [0.25, 0.3) is 0 Å². The van der Waals surface area contributed by atoms with Gasteiger partial charge in [-0.2, -0.15) is 0 Å². The van der Waals surface area contributed by atoms with Gasteiger partial charge in [0.2, 0.25) is 0 Å². The SMILES string of the molecule is Nc1nc2ccccc2nc1NCCc1cscn1. The predicted octanol–water partition coefficient (Wildman–Crippen LogP) is 2.32. The second-order valence-corrected chi connectivity index (χ2v) is 4.82. The summed E-state index contributed by atoms with van der Waals surface area (Å²) in [6.45, 7) is 0.737. The van der Waals surface area contributed by atoms with Crippen molar-refractivity contribution in [2.75, 3.05) is 17.6 Å². The number of hydrogen-bond donors (Lipinski definition) is 2. The summed E-state index contributed by atoms with van der Waals surface area (Å²) in [6.07, 6.45) is 0.845. The van der Waals surface area contributed by atoms with E-state index in [9.17, 15) is 0 Å². The maximum atomic E-state index is 5.90. The standard InChI is InChI=1S/C13H13N5S/c14-12-13(15-6-5-9-7-19-8-16-9)18-11-4-2-1-3-10(11)17-12/h1-4,7-8H,5-6H2,(H2,14,17)(H,15,18). The first-order valence-electron chi connectivity index (χ1n) is 5.96. The lowest BCUT2D eigenvalue weighted by molar-refractivity contribution is 0.969. The Kier molecular flexibility index (Phi) is 3.24. The third-order valence-corrected chi connectivity index (χ3v) is 3.39. The molecule has 0 aliphatic carbocycles. The number of aromatic nitrogens is 3. The molecule has 0 fully saturated rings. The zero-order valence-electron chi connectivity index (χ0n) is 10.2. The number of benzene rings is 1. The number of nitrogens with zero attached hydrogens (tertiary/aromatic N) is 3. The van der Waals surface area contributed by atoms with Gasteiger partial charge in [-0.25, -0.2) is 15.0 Å². The molecule has 0 radical (unpaired) electrons. The largest absolute Gasteiger partial charge is 0.381 e. The second-order valence-electron chi connectivity index (χ2n) is 4.10. The van der Waals surface area contributed by atoms with Crippen LogP contribution in [0.4, 0.5) is 11.6 Å². The van der Waals surface area contributed by atoms with Crippen LogP contribution in [0.15, 0.2) is 35.2 Å². The number of nitrogens with one attached hydrogen (secondary N) is 1. The van der Waals surface area contributed by atoms with E-state index in [1.54, 1.807) is 11.3 Å². The molecule has 1 aromatic carbocycles. The van der Waals surface area contributed by atoms with E-state index in [4.69, 9.17) is 5.73 Å². The smallest absolute Gasteiger partial charge is 0.169 e. The van der Waals surface area contributed by atoms with Crippen LogP contribution in [0.3, 0.4) is 0 Å². The Hall–Kier alpha value is -2.21. The number of rotatable bonds is 4. The Balaban J connectivity index is 1.75. The zero-order chi connectivity index (χ0) is 13.1. The maximum absolute atomic E-state index is 5.90. The number of anilines is 2. The highest BCUT2D eigenvalue weighted by Gasteiger charge is 2.05. The number of nitrogen functional groups attached to an aromatic ring is 1. The molecule has 0 bridgehead atoms. The predicted molar refractivity (Wildman–Crippen MR) is 78.3 cm³/mol. The topological polar surface area (TPSA) is 76.7 Å². The number of nitrogens with two attached hydrogens (primary N) is 1. The van der Waals surface area contributed by atoms with Crippen LogP contribution in [-0.2, 0) is 6.42 Å². The van der Waals surface area contributed by atoms with Crippen LogP contribution < -0.4 is 11.1 Å². The molecule has 5 nitrogen and oxygen atoms in total. The van der Waals surface area contributed by atoms with Gasteiger partial charge in [-0.15, -0.1) is 11.3 Å². The van der Waals surface area contributed by atoms with Gasteiger partial charge in [-0.1, -0.05) is 12.1 Å². The van der Waals surface area contributed by atoms with Crippen molar-refractivity contribution in [3.8, 4) is 0 Å². The molecule has 0 saturated carbocycles. The first kappa shape index (κ1) is 11.9. The summed E-state index contributed by atoms with van der Waals surface area (Å²) in [5.41, 5.74) is 10.5. The van der Waals surface area contributed by atoms with E-state index < -0.39 is 0 Å². The molecule has 0 aliphatic rings. The minimum absolute atomic E-state index is 0.428. The minimum atomic E-state index is 0.428. The highest BCUT2D eigenvalue weighted by Crippen LogP contribution is 2.18. The van der Waals surface area contributed by atoms with Gasteiger partial charge in [-0.3, -0.25) is 0 Å². The van der Waals surface area contributed by atoms with Crippen molar-refractivity contribution in [1.29, 1.82) is 0 Å². The lowest BCUT2D eigenvalue weighted by Gasteiger charge is -2.08. The Morgan fingerprint density at radius 1 is 1.16 bits per heavy atom. The summed E-state index contributed by atoms with van der Waals surface area (Å²) in [4.78, 5) is 13.0. The Bertz CT molecular complexity index is 681. The van der Waals surface area contributed by atoms with Crippen molar-refractivity contribution in [2.24, 2.45) is 0 Å². The molecule has 3 rings (SSSR count). The van der Waals surface area contributed by atoms with Crippen LogP contribution in [0.5, 0.6) is 0 Å². The molecule has 6 heteroatoms. The van der Waals surface area contributed by atoms with Gasteiger partial charge in [0, 0.05) is 18.3 Å². The van der Waals surface area contributed by atoms with E-state index in [0.29, 0.717) is 11.6 Å². The van der Waals surface area contributed by atoms with Gasteiger partial charge in [0.05, 0.1) is 22.2 Å². The first-order valence-corrected chi connectivity index (χ1v) is 6.90. The van der Waals surface area contributed by atoms with Crippen LogP contribution in [0, 0.1) is 0 Å². The van der Waals surface area contributed by atoms with Crippen LogP contribution in [0.2, 0.25) is 0 Å². The van der Waals surface area contributed by atoms with Gasteiger partial charge in [0.15, 0.2) is 11.6 Å². The fourth-order valence-corrected chi connectivity index (χ4v) is 2.41. The molecule has 2 heterocycles. The summed E-state index contributed by atoms with van der Waals surface area (Å²) in [5.74, 6) is 1.06. The molecular formula is C13H13N5S. The molecule has 19 heavy (non-hydrogen) atoms. The average molecular weight is 271 g/mol. The van der Waals surface area contributed by atoms with E-state index in [0.717, 1.165) is 29.7 Å². The monoisotopic (exact) mass is 271 g/mol. The molecule has 0 unspecified atom stereocenters. The van der Waals surface area contributed by atoms with Crippen molar-refractivity contribution >= 4 is 34.0 Å². The highest BCUT2D eigenvalue weighted by atomic mass is 32.1. The average Bonchev–Trinajstić information content (AvgIpc) is 2.92. The molecule has 0 saturated heterocycles. The second kappa shape index (κ2) is 5.19. The van der Waals surface area contributed by atoms with Crippen LogP contribution in [0.25, 0.3) is 11.0 Å². The number of para-hydroxylation sites is 2. The fourth-order valence-electron chi connectivity index (χ4n) is 1.81. The van der Waals surface area contributed by atoms with Crippen LogP contribution in [0.1, 0.15) is 5.69 Å². The minimum Gasteiger partial charge on any atom is -0.381 e. The van der Waals surface area contributed by atoms with Crippen molar-refractivity contribution < 1.29 is 0 Å². The van der Waals surface area contributed by atoms with E-state index in [1.807, 2.05) is 35.2 Å². The molecular weight excluding hydrogens is 258 g/mol. The molecule has 3 N–H and O–H groups in total. The van der Waals surface area contributed by atoms with E-state index in [-0.39, 0.29) is 0 Å². The maximum Gasteiger partial charge on any atom is 0.169 e. The quantitative estimate of drug-likeness (QED) is 0.761. The molecule has 0 amide bonds. The van der Waals surface area contributed by atoms with E-state index in [2.05, 4.69) is 20.3 Å². The van der Waals surface area contributed by atoms with Crippen molar-refractivity contribution in [1.82, 2.24) is 15.0 Å². The first-order chi connectivity index (χ1) is 9.33. The molecule has 0 atom stereocenters. The normalized spacial score (nSPS) is 10.7. The number of fused-ring (bicyclic) bond motifs is 1. The summed E-state index contributed by atoms with van der Waals surface area (Å²) >= 11 is 1.60. The van der Waals surface area contributed by atoms with Gasteiger partial charge in [0.1, 0.15) is 0 Å². The zero-order valence-corrected chi connectivity index (χ0v) is 11.0. The molecule has 96 valence electrons. The van der Waals surface area contributed by atoms with Gasteiger partial charge >= 0.3 is 0 Å². The van der Waals surface area contributed by atoms with Crippen molar-refractivity contribution in [3.05, 3.63) is 40.8 Å². The van der Waals surface area contributed by atoms with Crippen LogP contribution in [-0.4, -0.2) is 21.5 Å². The van der Waals surface area contributed by atoms with Crippen molar-refractivity contribution in [3.63, 3.8) is 0 Å². The number of hydrogen-bond acceptors (Lipinski definition) is 6. The van der Waals surface area contributed by atoms with E-state index in [1.165, 1.54) is 0 Å². The summed E-state index contributed by atoms with van der Waals surface area (Å²) in [6, 6.07) is 7.68. The molecule has 0 aliphatic heterocycles. The third-order valence-electron chi connectivity index (χ3n) is 2.75. The molecule has 2 aromatic heterocycles. The fraction of sp³-hybridized carbons (Fsp3) is 0.154. The summed E-state index contributed by atoms with van der Waals surface area (Å²) in [7, 11) is 0. The molecule has 3 aromatic rings. The summed E-state index contributed by atoms with van der Waals surface area (Å²) in [5, 5.41) is 5.25. The van der Waals surface area contributed by atoms with Crippen LogP contribution >= 0.6 is 11.3 Å². The lowest BCUT2D eigenvalue weighted by atomic mass is 10.3. The highest BCUT2D eigenvalue weighted by molar-refractivity contribution is 7.07. The Labute approximate surface area is 114 Å². The lowest BCUT2D eigenvalue weighted by Crippen LogP contribution is -2.10. The Morgan fingerprint density at radius 2 is 1.95 bits per heavy atom. The Morgan fingerprint density at radius 3 is 2.68 bits per heavy atom. The molecule has 0 spiro atoms. The number of thiazole rings is 1. The van der Waals surface area contributed by atoms with Gasteiger partial charge < -0.3 is 11.1 Å². The van der Waals surface area contributed by atoms with Crippen molar-refractivity contribution in [2.45, 2.75) is 6.42 Å². The van der Waals surface area contributed by atoms with E-state index >= 15 is 0 Å². The third kappa shape index (κ3) is 2.63. The summed E-state index contributed by atoms with van der Waals surface area (Å²) < 4.78 is 0.